The van der Waals surface area contributed by atoms with Crippen molar-refractivity contribution in [3.05, 3.63) is 18.0 Å². The molecule has 2 rings (SSSR count). The summed E-state index contributed by atoms with van der Waals surface area (Å²) in [6.07, 6.45) is 5.36. The van der Waals surface area contributed by atoms with E-state index in [1.54, 1.807) is 0 Å². The van der Waals surface area contributed by atoms with Gasteiger partial charge in [-0.3, -0.25) is 14.5 Å². The zero-order chi connectivity index (χ0) is 15.4. The van der Waals surface area contributed by atoms with Crippen LogP contribution in [0.3, 0.4) is 0 Å². The van der Waals surface area contributed by atoms with E-state index in [1.165, 1.54) is 12.0 Å². The second kappa shape index (κ2) is 7.38. The Hall–Kier alpha value is -0.910. The molecular weight excluding hydrogens is 262 g/mol. The van der Waals surface area contributed by atoms with Crippen LogP contribution < -0.4 is 5.73 Å². The Morgan fingerprint density at radius 2 is 1.76 bits per heavy atom. The van der Waals surface area contributed by atoms with Crippen molar-refractivity contribution < 1.29 is 0 Å². The molecule has 0 aromatic carbocycles. The maximum Gasteiger partial charge on any atom is 0.0538 e. The van der Waals surface area contributed by atoms with Crippen molar-refractivity contribution in [3.63, 3.8) is 0 Å². The lowest BCUT2D eigenvalue weighted by molar-refractivity contribution is 0.0743. The molecule has 0 radical (unpaired) electrons. The zero-order valence-electron chi connectivity index (χ0n) is 14.0. The highest BCUT2D eigenvalue weighted by atomic mass is 15.3. The SMILES string of the molecule is CCC(C)N1CCN(C(CN)c2cnn(C(C)C)c2)CC1. The Morgan fingerprint density at radius 3 is 2.24 bits per heavy atom. The highest BCUT2D eigenvalue weighted by Crippen LogP contribution is 2.22. The molecule has 5 nitrogen and oxygen atoms in total. The lowest BCUT2D eigenvalue weighted by Gasteiger charge is -2.41. The van der Waals surface area contributed by atoms with E-state index in [0.717, 1.165) is 26.2 Å². The van der Waals surface area contributed by atoms with Crippen molar-refractivity contribution in [2.75, 3.05) is 32.7 Å². The minimum Gasteiger partial charge on any atom is -0.329 e. The lowest BCUT2D eigenvalue weighted by Crippen LogP contribution is -2.51. The molecule has 1 aliphatic heterocycles. The van der Waals surface area contributed by atoms with E-state index in [9.17, 15) is 0 Å². The maximum absolute atomic E-state index is 6.05. The largest absolute Gasteiger partial charge is 0.329 e. The summed E-state index contributed by atoms with van der Waals surface area (Å²) in [7, 11) is 0. The van der Waals surface area contributed by atoms with Gasteiger partial charge in [-0.2, -0.15) is 5.10 Å². The Bertz CT molecular complexity index is 420. The minimum absolute atomic E-state index is 0.302. The number of hydrogen-bond acceptors (Lipinski definition) is 4. The van der Waals surface area contributed by atoms with E-state index in [0.29, 0.717) is 24.7 Å². The van der Waals surface area contributed by atoms with E-state index in [1.807, 2.05) is 10.9 Å². The first-order chi connectivity index (χ1) is 10.1. The van der Waals surface area contributed by atoms with Gasteiger partial charge in [-0.25, -0.2) is 0 Å². The molecule has 1 aromatic rings. The molecule has 0 spiro atoms. The molecule has 2 atom stereocenters. The number of nitrogens with two attached hydrogens (primary N) is 1. The fourth-order valence-corrected chi connectivity index (χ4v) is 3.05. The second-order valence-corrected chi connectivity index (χ2v) is 6.43. The smallest absolute Gasteiger partial charge is 0.0538 e. The zero-order valence-corrected chi connectivity index (χ0v) is 14.0. The molecule has 1 aromatic heterocycles. The summed E-state index contributed by atoms with van der Waals surface area (Å²) in [5.74, 6) is 0. The van der Waals surface area contributed by atoms with Crippen molar-refractivity contribution in [1.29, 1.82) is 0 Å². The van der Waals surface area contributed by atoms with Crippen LogP contribution in [0.4, 0.5) is 0 Å². The van der Waals surface area contributed by atoms with Gasteiger partial charge in [0.15, 0.2) is 0 Å². The van der Waals surface area contributed by atoms with Gasteiger partial charge in [0.1, 0.15) is 0 Å². The van der Waals surface area contributed by atoms with E-state index in [2.05, 4.69) is 48.8 Å². The molecule has 0 bridgehead atoms. The van der Waals surface area contributed by atoms with E-state index in [4.69, 9.17) is 5.73 Å². The molecule has 0 saturated carbocycles. The van der Waals surface area contributed by atoms with Crippen LogP contribution in [-0.4, -0.2) is 58.3 Å². The van der Waals surface area contributed by atoms with Crippen LogP contribution in [0.25, 0.3) is 0 Å². The summed E-state index contributed by atoms with van der Waals surface area (Å²) in [6.45, 7) is 14.0. The number of hydrogen-bond donors (Lipinski definition) is 1. The first-order valence-corrected chi connectivity index (χ1v) is 8.29. The second-order valence-electron chi connectivity index (χ2n) is 6.43. The van der Waals surface area contributed by atoms with Crippen molar-refractivity contribution in [1.82, 2.24) is 19.6 Å². The summed E-state index contributed by atoms with van der Waals surface area (Å²) < 4.78 is 2.02. The van der Waals surface area contributed by atoms with Gasteiger partial charge in [0.05, 0.1) is 12.2 Å². The average molecular weight is 293 g/mol. The van der Waals surface area contributed by atoms with Crippen LogP contribution in [0.2, 0.25) is 0 Å². The lowest BCUT2D eigenvalue weighted by atomic mass is 10.1. The maximum atomic E-state index is 6.05. The van der Waals surface area contributed by atoms with Gasteiger partial charge in [-0.05, 0) is 27.2 Å². The van der Waals surface area contributed by atoms with Crippen LogP contribution in [0, 0.1) is 0 Å². The van der Waals surface area contributed by atoms with Gasteiger partial charge >= 0.3 is 0 Å². The molecule has 2 unspecified atom stereocenters. The number of nitrogens with zero attached hydrogens (tertiary/aromatic N) is 4. The predicted octanol–water partition coefficient (Wildman–Crippen LogP) is 1.88. The third kappa shape index (κ3) is 3.84. The van der Waals surface area contributed by atoms with Gasteiger partial charge in [0, 0.05) is 56.6 Å². The number of rotatable bonds is 6. The van der Waals surface area contributed by atoms with Gasteiger partial charge in [-0.1, -0.05) is 6.92 Å². The minimum atomic E-state index is 0.302. The normalized spacial score (nSPS) is 20.9. The molecule has 1 aliphatic rings. The molecule has 5 heteroatoms. The van der Waals surface area contributed by atoms with Gasteiger partial charge in [0.25, 0.3) is 0 Å². The van der Waals surface area contributed by atoms with E-state index >= 15 is 0 Å². The first-order valence-electron chi connectivity index (χ1n) is 8.29. The molecular formula is C16H31N5. The molecule has 1 saturated heterocycles. The van der Waals surface area contributed by atoms with Crippen molar-refractivity contribution in [2.45, 2.75) is 52.2 Å². The van der Waals surface area contributed by atoms with Crippen molar-refractivity contribution in [2.24, 2.45) is 5.73 Å². The Balaban J connectivity index is 1.99. The quantitative estimate of drug-likeness (QED) is 0.870. The Morgan fingerprint density at radius 1 is 1.14 bits per heavy atom. The average Bonchev–Trinajstić information content (AvgIpc) is 2.98. The van der Waals surface area contributed by atoms with Crippen LogP contribution in [0.5, 0.6) is 0 Å². The highest BCUT2D eigenvalue weighted by molar-refractivity contribution is 5.12. The molecule has 21 heavy (non-hydrogen) atoms. The van der Waals surface area contributed by atoms with Gasteiger partial charge < -0.3 is 5.73 Å². The van der Waals surface area contributed by atoms with Crippen LogP contribution in [-0.2, 0) is 0 Å². The van der Waals surface area contributed by atoms with Crippen LogP contribution in [0.15, 0.2) is 12.4 Å². The molecule has 2 heterocycles. The molecule has 0 aliphatic carbocycles. The standard InChI is InChI=1S/C16H31N5/c1-5-14(4)19-6-8-20(9-7-19)16(10-17)15-11-18-21(12-15)13(2)3/h11-14,16H,5-10,17H2,1-4H3. The van der Waals surface area contributed by atoms with Gasteiger partial charge in [0.2, 0.25) is 0 Å². The molecule has 0 amide bonds. The first kappa shape index (κ1) is 16.5. The molecule has 1 fully saturated rings. The summed E-state index contributed by atoms with van der Waals surface area (Å²) >= 11 is 0. The fourth-order valence-electron chi connectivity index (χ4n) is 3.05. The van der Waals surface area contributed by atoms with Crippen molar-refractivity contribution in [3.8, 4) is 0 Å². The van der Waals surface area contributed by atoms with Crippen molar-refractivity contribution >= 4 is 0 Å². The molecule has 120 valence electrons. The summed E-state index contributed by atoms with van der Waals surface area (Å²) in [5.41, 5.74) is 7.30. The topological polar surface area (TPSA) is 50.3 Å². The fraction of sp³-hybridized carbons (Fsp3) is 0.812. The van der Waals surface area contributed by atoms with E-state index < -0.39 is 0 Å². The van der Waals surface area contributed by atoms with E-state index in [-0.39, 0.29) is 0 Å². The number of aromatic nitrogens is 2. The predicted molar refractivity (Wildman–Crippen MR) is 87.3 cm³/mol. The summed E-state index contributed by atoms with van der Waals surface area (Å²) in [4.78, 5) is 5.10. The molecule has 2 N–H and O–H groups in total. The summed E-state index contributed by atoms with van der Waals surface area (Å²) in [5, 5.41) is 4.46. The Kier molecular flexibility index (Phi) is 5.79. The highest BCUT2D eigenvalue weighted by Gasteiger charge is 2.26. The van der Waals surface area contributed by atoms with Crippen LogP contribution >= 0.6 is 0 Å². The monoisotopic (exact) mass is 293 g/mol. The third-order valence-electron chi connectivity index (χ3n) is 4.76. The Labute approximate surface area is 129 Å². The summed E-state index contributed by atoms with van der Waals surface area (Å²) in [6, 6.07) is 1.39. The third-order valence-corrected chi connectivity index (χ3v) is 4.76. The van der Waals surface area contributed by atoms with Crippen LogP contribution in [0.1, 0.15) is 51.8 Å². The number of piperazine rings is 1. The van der Waals surface area contributed by atoms with Gasteiger partial charge in [-0.15, -0.1) is 0 Å².